The maximum atomic E-state index is 6.01. The van der Waals surface area contributed by atoms with E-state index in [9.17, 15) is 0 Å². The number of ether oxygens (including phenoxy) is 2. The van der Waals surface area contributed by atoms with Crippen molar-refractivity contribution >= 4 is 15.9 Å². The van der Waals surface area contributed by atoms with Gasteiger partial charge >= 0.3 is 0 Å². The van der Waals surface area contributed by atoms with Crippen molar-refractivity contribution in [1.82, 2.24) is 0 Å². The van der Waals surface area contributed by atoms with E-state index in [1.54, 1.807) is 0 Å². The fourth-order valence-corrected chi connectivity index (χ4v) is 3.62. The number of alkyl halides is 1. The van der Waals surface area contributed by atoms with Crippen molar-refractivity contribution in [3.05, 3.63) is 24.3 Å². The molecule has 0 saturated carbocycles. The van der Waals surface area contributed by atoms with Gasteiger partial charge in [-0.25, -0.2) is 0 Å². The van der Waals surface area contributed by atoms with Crippen LogP contribution in [0.1, 0.15) is 117 Å². The van der Waals surface area contributed by atoms with Crippen LogP contribution in [0.3, 0.4) is 0 Å². The van der Waals surface area contributed by atoms with Crippen molar-refractivity contribution in [2.24, 2.45) is 0 Å². The van der Waals surface area contributed by atoms with Crippen molar-refractivity contribution in [3.63, 3.8) is 0 Å². The van der Waals surface area contributed by atoms with Gasteiger partial charge in [0.15, 0.2) is 6.29 Å². The van der Waals surface area contributed by atoms with Crippen molar-refractivity contribution in [2.45, 2.75) is 123 Å². The van der Waals surface area contributed by atoms with Gasteiger partial charge < -0.3 is 9.47 Å². The van der Waals surface area contributed by atoms with E-state index in [1.807, 2.05) is 0 Å². The summed E-state index contributed by atoms with van der Waals surface area (Å²) < 4.78 is 12.0. The van der Waals surface area contributed by atoms with Crippen LogP contribution in [0.15, 0.2) is 24.3 Å². The molecule has 0 aliphatic carbocycles. The molecule has 0 aliphatic heterocycles. The number of halogens is 1. The Hall–Kier alpha value is -0.120. The lowest BCUT2D eigenvalue weighted by atomic mass is 10.1. The quantitative estimate of drug-likeness (QED) is 0.0637. The lowest BCUT2D eigenvalue weighted by Crippen LogP contribution is -2.17. The van der Waals surface area contributed by atoms with Crippen LogP contribution in [0.4, 0.5) is 0 Å². The zero-order valence-corrected chi connectivity index (χ0v) is 21.1. The Balaban J connectivity index is 3.98. The topological polar surface area (TPSA) is 18.5 Å². The molecule has 0 N–H and O–H groups in total. The van der Waals surface area contributed by atoms with Crippen molar-refractivity contribution in [1.29, 1.82) is 0 Å². The van der Waals surface area contributed by atoms with E-state index in [2.05, 4.69) is 54.1 Å². The summed E-state index contributed by atoms with van der Waals surface area (Å²) in [4.78, 5) is 0. The fraction of sp³-hybridized carbons (Fsp3) is 0.846. The maximum absolute atomic E-state index is 6.01. The highest BCUT2D eigenvalue weighted by Crippen LogP contribution is 2.12. The molecular weight excluding hydrogens is 424 g/mol. The summed E-state index contributed by atoms with van der Waals surface area (Å²) in [5, 5.41) is 1.12. The van der Waals surface area contributed by atoms with Crippen LogP contribution in [-0.4, -0.2) is 24.8 Å². The number of allylic oxidation sites excluding steroid dienone is 2. The predicted molar refractivity (Wildman–Crippen MR) is 133 cm³/mol. The molecule has 0 atom stereocenters. The van der Waals surface area contributed by atoms with Gasteiger partial charge in [-0.3, -0.25) is 0 Å². The molecule has 0 aliphatic rings. The first-order valence-corrected chi connectivity index (χ1v) is 13.6. The molecule has 3 heteroatoms. The standard InChI is InChI=1S/C26H49BrO2/c1-3-5-7-9-11-16-20-24-28-26(22-18-14-13-15-19-23-27)29-25-21-17-12-10-8-6-4-2/h16-17,20-21,26H,3-15,18-19,22-25H2,1-2H3/b20-16-,21-17-. The smallest absolute Gasteiger partial charge is 0.158 e. The molecule has 0 amide bonds. The van der Waals surface area contributed by atoms with Crippen LogP contribution in [-0.2, 0) is 9.47 Å². The van der Waals surface area contributed by atoms with Gasteiger partial charge in [-0.1, -0.05) is 112 Å². The van der Waals surface area contributed by atoms with E-state index in [-0.39, 0.29) is 6.29 Å². The zero-order valence-electron chi connectivity index (χ0n) is 19.5. The number of unbranched alkanes of at least 4 members (excludes halogenated alkanes) is 12. The van der Waals surface area contributed by atoms with Crippen LogP contribution < -0.4 is 0 Å². The average Bonchev–Trinajstić information content (AvgIpc) is 2.73. The third-order valence-electron chi connectivity index (χ3n) is 5.11. The first-order valence-electron chi connectivity index (χ1n) is 12.4. The molecule has 0 bridgehead atoms. The Kier molecular flexibility index (Phi) is 25.8. The van der Waals surface area contributed by atoms with Gasteiger partial charge in [0.25, 0.3) is 0 Å². The van der Waals surface area contributed by atoms with E-state index in [4.69, 9.17) is 9.47 Å². The zero-order chi connectivity index (χ0) is 21.3. The summed E-state index contributed by atoms with van der Waals surface area (Å²) in [6.07, 6.45) is 29.1. The molecule has 0 aromatic heterocycles. The summed E-state index contributed by atoms with van der Waals surface area (Å²) in [5.41, 5.74) is 0. The molecule has 0 aromatic rings. The van der Waals surface area contributed by atoms with Crippen molar-refractivity contribution < 1.29 is 9.47 Å². The average molecular weight is 474 g/mol. The Morgan fingerprint density at radius 3 is 1.59 bits per heavy atom. The molecule has 29 heavy (non-hydrogen) atoms. The number of hydrogen-bond acceptors (Lipinski definition) is 2. The Bertz CT molecular complexity index is 329. The molecule has 2 nitrogen and oxygen atoms in total. The van der Waals surface area contributed by atoms with Gasteiger partial charge in [-0.15, -0.1) is 0 Å². The van der Waals surface area contributed by atoms with Crippen LogP contribution in [0, 0.1) is 0 Å². The predicted octanol–water partition coefficient (Wildman–Crippen LogP) is 9.13. The van der Waals surface area contributed by atoms with Crippen molar-refractivity contribution in [3.8, 4) is 0 Å². The lowest BCUT2D eigenvalue weighted by Gasteiger charge is -2.17. The van der Waals surface area contributed by atoms with Crippen LogP contribution >= 0.6 is 15.9 Å². The molecule has 0 heterocycles. The fourth-order valence-electron chi connectivity index (χ4n) is 3.23. The Morgan fingerprint density at radius 1 is 0.586 bits per heavy atom. The van der Waals surface area contributed by atoms with E-state index in [0.29, 0.717) is 13.2 Å². The van der Waals surface area contributed by atoms with Gasteiger partial charge in [0.1, 0.15) is 0 Å². The van der Waals surface area contributed by atoms with Gasteiger partial charge in [-0.05, 0) is 44.9 Å². The molecule has 172 valence electrons. The van der Waals surface area contributed by atoms with Crippen molar-refractivity contribution in [2.75, 3.05) is 18.5 Å². The summed E-state index contributed by atoms with van der Waals surface area (Å²) >= 11 is 3.51. The Labute approximate surface area is 191 Å². The summed E-state index contributed by atoms with van der Waals surface area (Å²) in [6, 6.07) is 0. The Morgan fingerprint density at radius 2 is 1.07 bits per heavy atom. The normalized spacial score (nSPS) is 12.1. The molecule has 0 unspecified atom stereocenters. The molecule has 0 radical (unpaired) electrons. The van der Waals surface area contributed by atoms with Gasteiger partial charge in [-0.2, -0.15) is 0 Å². The third kappa shape index (κ3) is 24.0. The largest absolute Gasteiger partial charge is 0.349 e. The molecule has 0 saturated heterocycles. The van der Waals surface area contributed by atoms with E-state index < -0.39 is 0 Å². The van der Waals surface area contributed by atoms with Gasteiger partial charge in [0.05, 0.1) is 13.2 Å². The van der Waals surface area contributed by atoms with E-state index >= 15 is 0 Å². The third-order valence-corrected chi connectivity index (χ3v) is 5.67. The van der Waals surface area contributed by atoms with Gasteiger partial charge in [0.2, 0.25) is 0 Å². The maximum Gasteiger partial charge on any atom is 0.158 e. The lowest BCUT2D eigenvalue weighted by molar-refractivity contribution is -0.131. The SMILES string of the molecule is CCCCCC/C=C\COC(CCCCCCCBr)OC/C=C\CCCCCC. The molecule has 0 rings (SSSR count). The second kappa shape index (κ2) is 25.9. The van der Waals surface area contributed by atoms with Crippen LogP contribution in [0.5, 0.6) is 0 Å². The van der Waals surface area contributed by atoms with E-state index in [1.165, 1.54) is 96.3 Å². The highest BCUT2D eigenvalue weighted by atomic mass is 79.9. The molecule has 0 aromatic carbocycles. The first-order chi connectivity index (χ1) is 14.3. The van der Waals surface area contributed by atoms with E-state index in [0.717, 1.165) is 11.8 Å². The second-order valence-corrected chi connectivity index (χ2v) is 8.78. The molecule has 0 spiro atoms. The molecular formula is C26H49BrO2. The number of rotatable bonds is 23. The summed E-state index contributed by atoms with van der Waals surface area (Å²) in [7, 11) is 0. The number of hydrogen-bond donors (Lipinski definition) is 0. The minimum absolute atomic E-state index is 0.0688. The van der Waals surface area contributed by atoms with Gasteiger partial charge in [0, 0.05) is 5.33 Å². The van der Waals surface area contributed by atoms with Crippen LogP contribution in [0.25, 0.3) is 0 Å². The summed E-state index contributed by atoms with van der Waals surface area (Å²) in [5.74, 6) is 0. The highest BCUT2D eigenvalue weighted by Gasteiger charge is 2.07. The van der Waals surface area contributed by atoms with Crippen LogP contribution in [0.2, 0.25) is 0 Å². The monoisotopic (exact) mass is 472 g/mol. The minimum atomic E-state index is -0.0688. The second-order valence-electron chi connectivity index (χ2n) is 7.98. The molecule has 0 fully saturated rings. The first kappa shape index (κ1) is 28.9. The minimum Gasteiger partial charge on any atom is -0.349 e. The highest BCUT2D eigenvalue weighted by molar-refractivity contribution is 9.09. The summed E-state index contributed by atoms with van der Waals surface area (Å²) in [6.45, 7) is 5.85.